The fourth-order valence-electron chi connectivity index (χ4n) is 2.31. The normalized spacial score (nSPS) is 10.6. The van der Waals surface area contributed by atoms with Crippen molar-refractivity contribution in [2.45, 2.75) is 13.5 Å². The molecule has 0 saturated heterocycles. The SMILES string of the molecule is Cc1ccn(-c2ccccc2CNc2ncc(C(N)=O)cc2Cl)n1. The van der Waals surface area contributed by atoms with E-state index in [0.717, 1.165) is 16.9 Å². The molecule has 0 unspecified atom stereocenters. The highest BCUT2D eigenvalue weighted by molar-refractivity contribution is 6.33. The van der Waals surface area contributed by atoms with Crippen LogP contribution in [0.2, 0.25) is 5.02 Å². The van der Waals surface area contributed by atoms with Crippen molar-refractivity contribution in [3.63, 3.8) is 0 Å². The van der Waals surface area contributed by atoms with Crippen molar-refractivity contribution in [3.8, 4) is 5.69 Å². The Labute approximate surface area is 144 Å². The van der Waals surface area contributed by atoms with Gasteiger partial charge in [-0.1, -0.05) is 29.8 Å². The maximum atomic E-state index is 11.1. The van der Waals surface area contributed by atoms with Crippen molar-refractivity contribution in [3.05, 3.63) is 70.6 Å². The summed E-state index contributed by atoms with van der Waals surface area (Å²) in [6, 6.07) is 11.4. The molecule has 6 nitrogen and oxygen atoms in total. The number of anilines is 1. The molecule has 3 rings (SSSR count). The number of carbonyl (C=O) groups excluding carboxylic acids is 1. The van der Waals surface area contributed by atoms with Gasteiger partial charge >= 0.3 is 0 Å². The van der Waals surface area contributed by atoms with Crippen molar-refractivity contribution < 1.29 is 4.79 Å². The zero-order chi connectivity index (χ0) is 17.1. The number of nitrogens with zero attached hydrogens (tertiary/aromatic N) is 3. The highest BCUT2D eigenvalue weighted by Crippen LogP contribution is 2.22. The summed E-state index contributed by atoms with van der Waals surface area (Å²) in [5.74, 6) is -0.0662. The molecule has 0 aliphatic carbocycles. The lowest BCUT2D eigenvalue weighted by molar-refractivity contribution is 0.1000. The van der Waals surface area contributed by atoms with Crippen LogP contribution in [-0.4, -0.2) is 20.7 Å². The number of aromatic nitrogens is 3. The molecule has 0 spiro atoms. The number of hydrogen-bond donors (Lipinski definition) is 2. The van der Waals surface area contributed by atoms with Crippen molar-refractivity contribution in [1.82, 2.24) is 14.8 Å². The van der Waals surface area contributed by atoms with Crippen molar-refractivity contribution in [2.24, 2.45) is 5.73 Å². The first-order valence-corrected chi connectivity index (χ1v) is 7.72. The predicted molar refractivity (Wildman–Crippen MR) is 93.4 cm³/mol. The summed E-state index contributed by atoms with van der Waals surface area (Å²) < 4.78 is 1.83. The van der Waals surface area contributed by atoms with E-state index in [-0.39, 0.29) is 5.56 Å². The second kappa shape index (κ2) is 6.72. The molecule has 0 atom stereocenters. The second-order valence-corrected chi connectivity index (χ2v) is 5.71. The second-order valence-electron chi connectivity index (χ2n) is 5.30. The zero-order valence-corrected chi connectivity index (χ0v) is 13.8. The van der Waals surface area contributed by atoms with E-state index in [9.17, 15) is 4.79 Å². The van der Waals surface area contributed by atoms with Gasteiger partial charge in [-0.15, -0.1) is 0 Å². The molecule has 0 aliphatic heterocycles. The molecule has 0 fully saturated rings. The molecule has 3 aromatic rings. The molecule has 2 heterocycles. The average molecular weight is 342 g/mol. The molecule has 2 aromatic heterocycles. The number of halogens is 1. The zero-order valence-electron chi connectivity index (χ0n) is 13.0. The van der Waals surface area contributed by atoms with Crippen LogP contribution in [0, 0.1) is 6.92 Å². The average Bonchev–Trinajstić information content (AvgIpc) is 3.00. The van der Waals surface area contributed by atoms with Gasteiger partial charge in [-0.3, -0.25) is 4.79 Å². The number of para-hydroxylation sites is 1. The third-order valence-corrected chi connectivity index (χ3v) is 3.82. The van der Waals surface area contributed by atoms with Crippen LogP contribution in [0.1, 0.15) is 21.6 Å². The molecule has 1 aromatic carbocycles. The minimum absolute atomic E-state index is 0.276. The number of amides is 1. The highest BCUT2D eigenvalue weighted by atomic mass is 35.5. The summed E-state index contributed by atoms with van der Waals surface area (Å²) >= 11 is 6.15. The van der Waals surface area contributed by atoms with Crippen molar-refractivity contribution in [1.29, 1.82) is 0 Å². The van der Waals surface area contributed by atoms with Crippen LogP contribution < -0.4 is 11.1 Å². The van der Waals surface area contributed by atoms with Crippen LogP contribution >= 0.6 is 11.6 Å². The number of carbonyl (C=O) groups is 1. The van der Waals surface area contributed by atoms with Gasteiger partial charge < -0.3 is 11.1 Å². The number of benzene rings is 1. The Kier molecular flexibility index (Phi) is 4.48. The van der Waals surface area contributed by atoms with E-state index in [4.69, 9.17) is 17.3 Å². The monoisotopic (exact) mass is 341 g/mol. The number of nitrogens with two attached hydrogens (primary N) is 1. The summed E-state index contributed by atoms with van der Waals surface area (Å²) in [5, 5.41) is 7.96. The van der Waals surface area contributed by atoms with E-state index in [1.165, 1.54) is 12.3 Å². The molecule has 3 N–H and O–H groups in total. The van der Waals surface area contributed by atoms with Gasteiger partial charge in [0, 0.05) is 18.9 Å². The third kappa shape index (κ3) is 3.38. The highest BCUT2D eigenvalue weighted by Gasteiger charge is 2.09. The number of pyridine rings is 1. The van der Waals surface area contributed by atoms with Crippen LogP contribution in [0.15, 0.2) is 48.8 Å². The summed E-state index contributed by atoms with van der Waals surface area (Å²) in [6.07, 6.45) is 3.32. The van der Waals surface area contributed by atoms with E-state index in [2.05, 4.69) is 15.4 Å². The lowest BCUT2D eigenvalue weighted by Gasteiger charge is -2.12. The van der Waals surface area contributed by atoms with E-state index in [1.807, 2.05) is 48.1 Å². The Morgan fingerprint density at radius 2 is 2.12 bits per heavy atom. The number of nitrogens with one attached hydrogen (secondary N) is 1. The van der Waals surface area contributed by atoms with Gasteiger partial charge in [-0.2, -0.15) is 5.10 Å². The predicted octanol–water partition coefficient (Wildman–Crippen LogP) is 2.94. The Balaban J connectivity index is 1.82. The smallest absolute Gasteiger partial charge is 0.250 e. The third-order valence-electron chi connectivity index (χ3n) is 3.53. The van der Waals surface area contributed by atoms with Gasteiger partial charge in [0.15, 0.2) is 0 Å². The number of hydrogen-bond acceptors (Lipinski definition) is 4. The molecular weight excluding hydrogens is 326 g/mol. The number of aryl methyl sites for hydroxylation is 1. The molecule has 0 radical (unpaired) electrons. The quantitative estimate of drug-likeness (QED) is 0.747. The van der Waals surface area contributed by atoms with Crippen LogP contribution in [-0.2, 0) is 6.54 Å². The molecule has 1 amide bonds. The molecule has 0 aliphatic rings. The lowest BCUT2D eigenvalue weighted by atomic mass is 10.1. The van der Waals surface area contributed by atoms with Crippen LogP contribution in [0.3, 0.4) is 0 Å². The van der Waals surface area contributed by atoms with Crippen LogP contribution in [0.4, 0.5) is 5.82 Å². The molecule has 0 bridgehead atoms. The Morgan fingerprint density at radius 3 is 2.79 bits per heavy atom. The fraction of sp³-hybridized carbons (Fsp3) is 0.118. The lowest BCUT2D eigenvalue weighted by Crippen LogP contribution is -2.12. The Bertz CT molecular complexity index is 890. The largest absolute Gasteiger partial charge is 0.366 e. The minimum atomic E-state index is -0.560. The fourth-order valence-corrected chi connectivity index (χ4v) is 2.55. The van der Waals surface area contributed by atoms with Gasteiger partial charge in [0.05, 0.1) is 22.0 Å². The first-order valence-electron chi connectivity index (χ1n) is 7.34. The van der Waals surface area contributed by atoms with Gasteiger partial charge in [0.1, 0.15) is 5.82 Å². The van der Waals surface area contributed by atoms with Crippen LogP contribution in [0.5, 0.6) is 0 Å². The molecule has 122 valence electrons. The maximum Gasteiger partial charge on any atom is 0.250 e. The van der Waals surface area contributed by atoms with Gasteiger partial charge in [0.25, 0.3) is 0 Å². The summed E-state index contributed by atoms with van der Waals surface area (Å²) in [4.78, 5) is 15.3. The first kappa shape index (κ1) is 16.0. The van der Waals surface area contributed by atoms with Gasteiger partial charge in [0.2, 0.25) is 5.91 Å². The maximum absolute atomic E-state index is 11.1. The van der Waals surface area contributed by atoms with Crippen LogP contribution in [0.25, 0.3) is 5.69 Å². The first-order chi connectivity index (χ1) is 11.5. The molecule has 7 heteroatoms. The molecule has 0 saturated carbocycles. The van der Waals surface area contributed by atoms with Gasteiger partial charge in [-0.25, -0.2) is 9.67 Å². The summed E-state index contributed by atoms with van der Waals surface area (Å²) in [5.41, 5.74) is 8.46. The van der Waals surface area contributed by atoms with E-state index in [1.54, 1.807) is 0 Å². The van der Waals surface area contributed by atoms with E-state index >= 15 is 0 Å². The number of rotatable bonds is 5. The standard InChI is InChI=1S/C17H16ClN5O/c1-11-6-7-23(22-11)15-5-3-2-4-12(15)9-20-17-14(18)8-13(10-21-17)16(19)24/h2-8,10H,9H2,1H3,(H2,19,24)(H,20,21). The minimum Gasteiger partial charge on any atom is -0.366 e. The Hall–Kier alpha value is -2.86. The Morgan fingerprint density at radius 1 is 1.33 bits per heavy atom. The van der Waals surface area contributed by atoms with Gasteiger partial charge in [-0.05, 0) is 30.7 Å². The summed E-state index contributed by atoms with van der Waals surface area (Å²) in [6.45, 7) is 2.46. The molecule has 24 heavy (non-hydrogen) atoms. The van der Waals surface area contributed by atoms with Crippen molar-refractivity contribution in [2.75, 3.05) is 5.32 Å². The van der Waals surface area contributed by atoms with E-state index < -0.39 is 5.91 Å². The molecular formula is C17H16ClN5O. The topological polar surface area (TPSA) is 85.8 Å². The van der Waals surface area contributed by atoms with Crippen molar-refractivity contribution >= 4 is 23.3 Å². The van der Waals surface area contributed by atoms with E-state index in [0.29, 0.717) is 17.4 Å². The summed E-state index contributed by atoms with van der Waals surface area (Å²) in [7, 11) is 0. The number of primary amides is 1.